The van der Waals surface area contributed by atoms with Gasteiger partial charge in [-0.15, -0.1) is 0 Å². The fourth-order valence-corrected chi connectivity index (χ4v) is 4.94. The zero-order valence-corrected chi connectivity index (χ0v) is 14.7. The van der Waals surface area contributed by atoms with Crippen LogP contribution < -0.4 is 0 Å². The molecule has 0 spiro atoms. The molecular weight excluding hydrogens is 302 g/mol. The van der Waals surface area contributed by atoms with Crippen molar-refractivity contribution in [3.63, 3.8) is 0 Å². The number of hydrogen-bond donors (Lipinski definition) is 0. The summed E-state index contributed by atoms with van der Waals surface area (Å²) in [5.74, 6) is 0.813. The molecule has 0 amide bonds. The number of hydrogen-bond acceptors (Lipinski definition) is 1. The van der Waals surface area contributed by atoms with E-state index >= 15 is 0 Å². The lowest BCUT2D eigenvalue weighted by Crippen LogP contribution is -2.46. The molecule has 2 heterocycles. The Morgan fingerprint density at radius 3 is 2.44 bits per heavy atom. The van der Waals surface area contributed by atoms with Gasteiger partial charge < -0.3 is 0 Å². The Hall–Kier alpha value is -2.12. The van der Waals surface area contributed by atoms with Gasteiger partial charge in [0, 0.05) is 19.1 Å². The minimum absolute atomic E-state index is 0.691. The van der Waals surface area contributed by atoms with E-state index in [1.165, 1.54) is 48.6 Å². The molecule has 6 rings (SSSR count). The zero-order valence-electron chi connectivity index (χ0n) is 14.7. The fourth-order valence-electron chi connectivity index (χ4n) is 4.94. The summed E-state index contributed by atoms with van der Waals surface area (Å²) in [4.78, 5) is 2.77. The summed E-state index contributed by atoms with van der Waals surface area (Å²) in [5.41, 5.74) is 4.67. The van der Waals surface area contributed by atoms with Crippen molar-refractivity contribution < 1.29 is 0 Å². The van der Waals surface area contributed by atoms with Crippen LogP contribution in [0.25, 0.3) is 10.8 Å². The molecule has 3 aromatic rings. The highest BCUT2D eigenvalue weighted by molar-refractivity contribution is 5.85. The maximum atomic E-state index is 2.77. The second-order valence-electron chi connectivity index (χ2n) is 7.84. The van der Waals surface area contributed by atoms with Gasteiger partial charge in [-0.2, -0.15) is 0 Å². The first-order chi connectivity index (χ1) is 12.4. The smallest absolute Gasteiger partial charge is 0.0243 e. The molecule has 1 heteroatoms. The van der Waals surface area contributed by atoms with E-state index in [0.717, 1.165) is 12.5 Å². The van der Waals surface area contributed by atoms with Crippen LogP contribution in [0.15, 0.2) is 66.7 Å². The van der Waals surface area contributed by atoms with Crippen molar-refractivity contribution in [1.29, 1.82) is 0 Å². The number of piperidine rings is 1. The van der Waals surface area contributed by atoms with Crippen LogP contribution in [0.3, 0.4) is 0 Å². The van der Waals surface area contributed by atoms with Crippen molar-refractivity contribution in [2.24, 2.45) is 5.92 Å². The van der Waals surface area contributed by atoms with E-state index in [1.807, 2.05) is 0 Å². The van der Waals surface area contributed by atoms with Crippen molar-refractivity contribution in [1.82, 2.24) is 4.90 Å². The van der Waals surface area contributed by atoms with Crippen LogP contribution in [0.5, 0.6) is 0 Å². The molecule has 0 N–H and O–H groups in total. The van der Waals surface area contributed by atoms with Crippen LogP contribution in [0, 0.1) is 5.92 Å². The molecule has 0 aromatic heterocycles. The predicted molar refractivity (Wildman–Crippen MR) is 105 cm³/mol. The molecule has 0 saturated carbocycles. The number of nitrogens with zero attached hydrogens (tertiary/aromatic N) is 1. The molecule has 2 atom stereocenters. The Bertz CT molecular complexity index is 892. The molecule has 25 heavy (non-hydrogen) atoms. The predicted octanol–water partition coefficient (Wildman–Crippen LogP) is 5.22. The van der Waals surface area contributed by atoms with Gasteiger partial charge in [-0.25, -0.2) is 0 Å². The van der Waals surface area contributed by atoms with E-state index in [2.05, 4.69) is 71.6 Å². The van der Waals surface area contributed by atoms with Gasteiger partial charge in [-0.3, -0.25) is 4.90 Å². The molecule has 3 aliphatic rings. The summed E-state index contributed by atoms with van der Waals surface area (Å²) in [5, 5.41) is 2.78. The zero-order chi connectivity index (χ0) is 16.6. The van der Waals surface area contributed by atoms with Gasteiger partial charge in [-0.1, -0.05) is 66.7 Å². The monoisotopic (exact) mass is 327 g/mol. The van der Waals surface area contributed by atoms with Crippen molar-refractivity contribution in [3.05, 3.63) is 83.4 Å². The first kappa shape index (κ1) is 15.2. The summed E-state index contributed by atoms with van der Waals surface area (Å²) in [6.45, 7) is 2.34. The van der Waals surface area contributed by atoms with Gasteiger partial charge in [0.05, 0.1) is 0 Å². The quantitative estimate of drug-likeness (QED) is 0.624. The minimum Gasteiger partial charge on any atom is -0.295 e. The lowest BCUT2D eigenvalue weighted by molar-refractivity contribution is 0.0942. The van der Waals surface area contributed by atoms with E-state index in [4.69, 9.17) is 0 Å². The highest BCUT2D eigenvalue weighted by Gasteiger charge is 2.31. The van der Waals surface area contributed by atoms with Crippen molar-refractivity contribution in [2.45, 2.75) is 38.3 Å². The third kappa shape index (κ3) is 2.87. The molecule has 2 bridgehead atoms. The van der Waals surface area contributed by atoms with E-state index < -0.39 is 0 Å². The van der Waals surface area contributed by atoms with E-state index in [1.54, 1.807) is 11.1 Å². The third-order valence-corrected chi connectivity index (χ3v) is 6.25. The van der Waals surface area contributed by atoms with Crippen molar-refractivity contribution in [2.75, 3.05) is 6.54 Å². The minimum atomic E-state index is 0.691. The SMILES string of the molecule is c1ccc2c(c1)CC1CC[C@H](C2)CN1Cc1cccc2ccccc12. The first-order valence-corrected chi connectivity index (χ1v) is 9.64. The molecule has 2 aliphatic heterocycles. The van der Waals surface area contributed by atoms with Crippen LogP contribution in [0.2, 0.25) is 0 Å². The van der Waals surface area contributed by atoms with E-state index in [-0.39, 0.29) is 0 Å². The number of rotatable bonds is 2. The second-order valence-corrected chi connectivity index (χ2v) is 7.84. The molecule has 1 fully saturated rings. The van der Waals surface area contributed by atoms with Gasteiger partial charge in [0.1, 0.15) is 0 Å². The van der Waals surface area contributed by atoms with Crippen LogP contribution in [0.4, 0.5) is 0 Å². The second kappa shape index (κ2) is 6.31. The summed E-state index contributed by atoms with van der Waals surface area (Å²) >= 11 is 0. The molecule has 1 unspecified atom stereocenters. The standard InChI is InChI=1S/C24H25N/c1-2-8-21-15-23-13-12-18(14-20(21)7-1)16-25(23)17-22-10-5-9-19-6-3-4-11-24(19)22/h1-11,18,23H,12-17H2/t18-,23?/m1/s1. The highest BCUT2D eigenvalue weighted by Crippen LogP contribution is 2.33. The van der Waals surface area contributed by atoms with Gasteiger partial charge in [0.2, 0.25) is 0 Å². The summed E-state index contributed by atoms with van der Waals surface area (Å²) in [6, 6.07) is 25.4. The van der Waals surface area contributed by atoms with Gasteiger partial charge >= 0.3 is 0 Å². The van der Waals surface area contributed by atoms with Crippen molar-refractivity contribution in [3.8, 4) is 0 Å². The molecule has 1 saturated heterocycles. The largest absolute Gasteiger partial charge is 0.295 e. The van der Waals surface area contributed by atoms with Gasteiger partial charge in [0.15, 0.2) is 0 Å². The lowest BCUT2D eigenvalue weighted by Gasteiger charge is -2.42. The Balaban J connectivity index is 1.47. The molecular formula is C24H25N. The summed E-state index contributed by atoms with van der Waals surface area (Å²) in [7, 11) is 0. The third-order valence-electron chi connectivity index (χ3n) is 6.25. The molecule has 0 radical (unpaired) electrons. The number of benzene rings is 3. The lowest BCUT2D eigenvalue weighted by atomic mass is 9.80. The Kier molecular flexibility index (Phi) is 3.83. The maximum Gasteiger partial charge on any atom is 0.0243 e. The Morgan fingerprint density at radius 1 is 0.760 bits per heavy atom. The average Bonchev–Trinajstić information content (AvgIpc) is 2.63. The average molecular weight is 327 g/mol. The van der Waals surface area contributed by atoms with E-state index in [0.29, 0.717) is 6.04 Å². The molecule has 1 aliphatic carbocycles. The van der Waals surface area contributed by atoms with Crippen LogP contribution in [-0.2, 0) is 19.4 Å². The molecule has 3 aromatic carbocycles. The molecule has 126 valence electrons. The van der Waals surface area contributed by atoms with Crippen LogP contribution >= 0.6 is 0 Å². The van der Waals surface area contributed by atoms with Crippen LogP contribution in [0.1, 0.15) is 29.5 Å². The van der Waals surface area contributed by atoms with Gasteiger partial charge in [-0.05, 0) is 59.1 Å². The number of fused-ring (bicyclic) bond motifs is 3. The summed E-state index contributed by atoms with van der Waals surface area (Å²) in [6.07, 6.45) is 5.22. The van der Waals surface area contributed by atoms with E-state index in [9.17, 15) is 0 Å². The van der Waals surface area contributed by atoms with Crippen LogP contribution in [-0.4, -0.2) is 17.5 Å². The fraction of sp³-hybridized carbons (Fsp3) is 0.333. The Labute approximate surface area is 150 Å². The normalized spacial score (nSPS) is 23.2. The van der Waals surface area contributed by atoms with Gasteiger partial charge in [0.25, 0.3) is 0 Å². The maximum absolute atomic E-state index is 2.77. The summed E-state index contributed by atoms with van der Waals surface area (Å²) < 4.78 is 0. The molecule has 1 nitrogen and oxygen atoms in total. The van der Waals surface area contributed by atoms with Crippen molar-refractivity contribution >= 4 is 10.8 Å². The first-order valence-electron chi connectivity index (χ1n) is 9.64. The topological polar surface area (TPSA) is 3.24 Å². The Morgan fingerprint density at radius 2 is 1.52 bits per heavy atom. The highest BCUT2D eigenvalue weighted by atomic mass is 15.2.